The van der Waals surface area contributed by atoms with Crippen molar-refractivity contribution in [2.45, 2.75) is 25.7 Å². The second-order valence-electron chi connectivity index (χ2n) is 6.98. The van der Waals surface area contributed by atoms with E-state index in [9.17, 15) is 28.0 Å². The summed E-state index contributed by atoms with van der Waals surface area (Å²) >= 11 is 5.75. The van der Waals surface area contributed by atoms with Crippen molar-refractivity contribution in [3.8, 4) is 0 Å². The number of oxazole rings is 1. The van der Waals surface area contributed by atoms with Crippen molar-refractivity contribution in [1.29, 1.82) is 0 Å². The SMILES string of the molecule is Cc1ncoc1CNC(=O)c1cc(NC(=O)c2cc(F)c(F)cc2Cl)n[nH]1.O=C(O)[C@H](O)[C@@H](O)C(=O)O. The average molecular weight is 546 g/mol. The Kier molecular flexibility index (Phi) is 9.75. The number of rotatable bonds is 8. The maximum absolute atomic E-state index is 13.3. The Morgan fingerprint density at radius 2 is 1.65 bits per heavy atom. The molecule has 0 aliphatic carbocycles. The maximum Gasteiger partial charge on any atom is 0.335 e. The van der Waals surface area contributed by atoms with E-state index in [2.05, 4.69) is 25.8 Å². The number of amides is 2. The van der Waals surface area contributed by atoms with Crippen LogP contribution in [0.15, 0.2) is 29.0 Å². The molecule has 2 aromatic heterocycles. The van der Waals surface area contributed by atoms with Gasteiger partial charge in [-0.25, -0.2) is 23.4 Å². The van der Waals surface area contributed by atoms with E-state index in [-0.39, 0.29) is 28.6 Å². The van der Waals surface area contributed by atoms with Gasteiger partial charge in [0, 0.05) is 6.07 Å². The number of nitrogens with zero attached hydrogens (tertiary/aromatic N) is 2. The molecule has 198 valence electrons. The number of aliphatic carboxylic acids is 2. The molecule has 1 aromatic carbocycles. The number of aryl methyl sites for hydroxylation is 1. The maximum atomic E-state index is 13.3. The molecule has 37 heavy (non-hydrogen) atoms. The van der Waals surface area contributed by atoms with Crippen LogP contribution in [0, 0.1) is 18.6 Å². The lowest BCUT2D eigenvalue weighted by molar-refractivity contribution is -0.165. The highest BCUT2D eigenvalue weighted by Gasteiger charge is 2.29. The number of aliphatic hydroxyl groups is 2. The van der Waals surface area contributed by atoms with Gasteiger partial charge in [-0.15, -0.1) is 0 Å². The van der Waals surface area contributed by atoms with Gasteiger partial charge in [-0.3, -0.25) is 14.7 Å². The fourth-order valence-electron chi connectivity index (χ4n) is 2.40. The van der Waals surface area contributed by atoms with Gasteiger partial charge in [0.2, 0.25) is 0 Å². The van der Waals surface area contributed by atoms with E-state index in [0.29, 0.717) is 23.6 Å². The highest BCUT2D eigenvalue weighted by Crippen LogP contribution is 2.21. The Bertz CT molecular complexity index is 1300. The van der Waals surface area contributed by atoms with E-state index in [4.69, 9.17) is 36.4 Å². The van der Waals surface area contributed by atoms with Crippen LogP contribution in [0.3, 0.4) is 0 Å². The molecule has 3 aromatic rings. The Morgan fingerprint density at radius 3 is 2.19 bits per heavy atom. The number of halogens is 3. The molecule has 0 radical (unpaired) electrons. The third-order valence-electron chi connectivity index (χ3n) is 4.38. The fraction of sp³-hybridized carbons (Fsp3) is 0.200. The number of anilines is 1. The molecular weight excluding hydrogens is 528 g/mol. The summed E-state index contributed by atoms with van der Waals surface area (Å²) in [4.78, 5) is 47.7. The molecule has 2 amide bonds. The van der Waals surface area contributed by atoms with Gasteiger partial charge in [0.05, 0.1) is 22.8 Å². The molecule has 0 saturated heterocycles. The molecule has 3 rings (SSSR count). The van der Waals surface area contributed by atoms with Crippen LogP contribution in [0.4, 0.5) is 14.6 Å². The number of carboxylic acids is 2. The van der Waals surface area contributed by atoms with Gasteiger partial charge in [0.15, 0.2) is 36.1 Å². The first-order valence-electron chi connectivity index (χ1n) is 9.82. The minimum Gasteiger partial charge on any atom is -0.479 e. The number of nitrogens with one attached hydrogen (secondary N) is 3. The minimum atomic E-state index is -2.27. The van der Waals surface area contributed by atoms with E-state index in [0.717, 1.165) is 0 Å². The highest BCUT2D eigenvalue weighted by molar-refractivity contribution is 6.34. The molecule has 2 atom stereocenters. The van der Waals surface area contributed by atoms with Crippen LogP contribution in [0.5, 0.6) is 0 Å². The van der Waals surface area contributed by atoms with Gasteiger partial charge < -0.3 is 35.5 Å². The standard InChI is InChI=1S/C16H12ClF2N5O3.C4H6O6/c1-7-13(27-6-21-7)5-20-16(26)12-4-14(24-23-12)22-15(25)8-2-10(18)11(19)3-9(8)17;5-1(3(7)8)2(6)4(9)10/h2-4,6H,5H2,1H3,(H,20,26)(H2,22,23,24,25);1-2,5-6H,(H,7,8)(H,9,10)/t;1-,2-/m.1/s1. The summed E-state index contributed by atoms with van der Waals surface area (Å²) in [7, 11) is 0. The Balaban J connectivity index is 0.000000410. The zero-order valence-electron chi connectivity index (χ0n) is 18.5. The molecule has 7 N–H and O–H groups in total. The lowest BCUT2D eigenvalue weighted by atomic mass is 10.2. The summed E-state index contributed by atoms with van der Waals surface area (Å²) in [6.07, 6.45) is -3.26. The zero-order chi connectivity index (χ0) is 27.9. The monoisotopic (exact) mass is 545 g/mol. The van der Waals surface area contributed by atoms with Crippen molar-refractivity contribution >= 4 is 41.2 Å². The number of carbonyl (C=O) groups excluding carboxylic acids is 2. The molecule has 0 aliphatic rings. The number of aliphatic hydroxyl groups excluding tert-OH is 2. The van der Waals surface area contributed by atoms with Gasteiger partial charge in [0.1, 0.15) is 11.5 Å². The molecule has 0 unspecified atom stereocenters. The van der Waals surface area contributed by atoms with Crippen LogP contribution >= 0.6 is 11.6 Å². The molecular formula is C20H18ClF2N5O9. The largest absolute Gasteiger partial charge is 0.479 e. The summed E-state index contributed by atoms with van der Waals surface area (Å²) in [5.74, 6) is -6.72. The molecule has 0 aliphatic heterocycles. The Labute approximate surface area is 209 Å². The van der Waals surface area contributed by atoms with Crippen molar-refractivity contribution in [2.24, 2.45) is 0 Å². The predicted molar refractivity (Wildman–Crippen MR) is 118 cm³/mol. The van der Waals surface area contributed by atoms with Crippen LogP contribution in [0.1, 0.15) is 32.3 Å². The van der Waals surface area contributed by atoms with Crippen LogP contribution < -0.4 is 10.6 Å². The lowest BCUT2D eigenvalue weighted by Crippen LogP contribution is -2.39. The summed E-state index contributed by atoms with van der Waals surface area (Å²) in [6, 6.07) is 2.64. The molecule has 0 spiro atoms. The molecule has 2 heterocycles. The Morgan fingerprint density at radius 1 is 1.05 bits per heavy atom. The van der Waals surface area contributed by atoms with Gasteiger partial charge in [-0.2, -0.15) is 5.10 Å². The van der Waals surface area contributed by atoms with E-state index in [1.807, 2.05) is 0 Å². The van der Waals surface area contributed by atoms with E-state index in [1.165, 1.54) is 12.5 Å². The first-order valence-corrected chi connectivity index (χ1v) is 10.2. The fourth-order valence-corrected chi connectivity index (χ4v) is 2.64. The third kappa shape index (κ3) is 7.79. The number of hydrogen-bond donors (Lipinski definition) is 7. The van der Waals surface area contributed by atoms with E-state index >= 15 is 0 Å². The summed E-state index contributed by atoms with van der Waals surface area (Å²) in [6.45, 7) is 1.86. The summed E-state index contributed by atoms with van der Waals surface area (Å²) in [5.41, 5.74) is 0.445. The van der Waals surface area contributed by atoms with Crippen LogP contribution in [0.2, 0.25) is 5.02 Å². The number of hydrogen-bond acceptors (Lipinski definition) is 9. The van der Waals surface area contributed by atoms with Crippen LogP contribution in [0.25, 0.3) is 0 Å². The predicted octanol–water partition coefficient (Wildman–Crippen LogP) is 0.697. The van der Waals surface area contributed by atoms with Crippen molar-refractivity contribution in [3.63, 3.8) is 0 Å². The number of benzene rings is 1. The second-order valence-corrected chi connectivity index (χ2v) is 7.38. The van der Waals surface area contributed by atoms with E-state index in [1.54, 1.807) is 6.92 Å². The molecule has 0 saturated carbocycles. The summed E-state index contributed by atoms with van der Waals surface area (Å²) in [5, 5.41) is 43.4. The summed E-state index contributed by atoms with van der Waals surface area (Å²) < 4.78 is 31.5. The van der Waals surface area contributed by atoms with Gasteiger partial charge in [0.25, 0.3) is 11.8 Å². The van der Waals surface area contributed by atoms with Crippen LogP contribution in [-0.2, 0) is 16.1 Å². The number of carboxylic acid groups (broad SMARTS) is 2. The molecule has 14 nitrogen and oxygen atoms in total. The third-order valence-corrected chi connectivity index (χ3v) is 4.69. The highest BCUT2D eigenvalue weighted by atomic mass is 35.5. The number of carbonyl (C=O) groups is 4. The van der Waals surface area contributed by atoms with Crippen molar-refractivity contribution in [3.05, 3.63) is 64.0 Å². The zero-order valence-corrected chi connectivity index (χ0v) is 19.3. The number of aromatic amines is 1. The molecule has 0 fully saturated rings. The average Bonchev–Trinajstić information content (AvgIpc) is 3.47. The van der Waals surface area contributed by atoms with Gasteiger partial charge in [-0.1, -0.05) is 11.6 Å². The van der Waals surface area contributed by atoms with Gasteiger partial charge >= 0.3 is 11.9 Å². The number of H-pyrrole nitrogens is 1. The smallest absolute Gasteiger partial charge is 0.335 e. The lowest BCUT2D eigenvalue weighted by Gasteiger charge is -2.07. The normalized spacial score (nSPS) is 12.1. The Hall–Kier alpha value is -4.41. The van der Waals surface area contributed by atoms with Gasteiger partial charge in [-0.05, 0) is 19.1 Å². The van der Waals surface area contributed by atoms with Crippen molar-refractivity contribution in [1.82, 2.24) is 20.5 Å². The second kappa shape index (κ2) is 12.5. The van der Waals surface area contributed by atoms with Crippen molar-refractivity contribution < 1.29 is 52.8 Å². The van der Waals surface area contributed by atoms with Crippen molar-refractivity contribution in [2.75, 3.05) is 5.32 Å². The molecule has 17 heteroatoms. The first-order chi connectivity index (χ1) is 17.3. The number of aromatic nitrogens is 3. The minimum absolute atomic E-state index is 0.00166. The topological polar surface area (TPSA) is 228 Å². The van der Waals surface area contributed by atoms with E-state index < -0.39 is 47.6 Å². The molecule has 0 bridgehead atoms. The quantitative estimate of drug-likeness (QED) is 0.195. The van der Waals surface area contributed by atoms with Crippen LogP contribution in [-0.4, -0.2) is 71.6 Å². The first kappa shape index (κ1) is 28.8.